The summed E-state index contributed by atoms with van der Waals surface area (Å²) in [6.45, 7) is 3.12. The molecule has 1 aliphatic rings. The van der Waals surface area contributed by atoms with Gasteiger partial charge in [-0.25, -0.2) is 9.78 Å². The highest BCUT2D eigenvalue weighted by molar-refractivity contribution is 5.69. The molecule has 162 valence electrons. The van der Waals surface area contributed by atoms with E-state index in [4.69, 9.17) is 5.26 Å². The van der Waals surface area contributed by atoms with Gasteiger partial charge < -0.3 is 20.1 Å². The Morgan fingerprint density at radius 3 is 2.42 bits per heavy atom. The lowest BCUT2D eigenvalue weighted by molar-refractivity contribution is -0.108. The van der Waals surface area contributed by atoms with Crippen LogP contribution in [0.2, 0.25) is 0 Å². The summed E-state index contributed by atoms with van der Waals surface area (Å²) in [6, 6.07) is 13.6. The third-order valence-corrected chi connectivity index (χ3v) is 5.47. The van der Waals surface area contributed by atoms with E-state index in [1.165, 1.54) is 0 Å². The van der Waals surface area contributed by atoms with Crippen molar-refractivity contribution in [1.29, 1.82) is 5.26 Å². The molecule has 1 aromatic carbocycles. The molecule has 31 heavy (non-hydrogen) atoms. The predicted molar refractivity (Wildman–Crippen MR) is 117 cm³/mol. The Hall–Kier alpha value is -3.48. The minimum absolute atomic E-state index is 0.136. The van der Waals surface area contributed by atoms with Crippen LogP contribution in [-0.2, 0) is 4.79 Å². The van der Waals surface area contributed by atoms with Crippen molar-refractivity contribution in [1.82, 2.24) is 20.1 Å². The van der Waals surface area contributed by atoms with E-state index in [0.717, 1.165) is 48.0 Å². The average molecular weight is 422 g/mol. The summed E-state index contributed by atoms with van der Waals surface area (Å²) >= 11 is 0. The zero-order chi connectivity index (χ0) is 22.2. The molecule has 1 aromatic heterocycles. The number of nitriles is 1. The second-order valence-electron chi connectivity index (χ2n) is 7.28. The number of carboxylic acid groups (broad SMARTS) is 1. The van der Waals surface area contributed by atoms with Gasteiger partial charge in [0.05, 0.1) is 30.9 Å². The van der Waals surface area contributed by atoms with Crippen molar-refractivity contribution in [2.45, 2.75) is 6.17 Å². The Balaban J connectivity index is 1.59. The molecule has 1 aliphatic heterocycles. The number of anilines is 1. The molecule has 0 aliphatic carbocycles. The number of nitrogens with one attached hydrogen (secondary N) is 1. The third-order valence-electron chi connectivity index (χ3n) is 5.47. The maximum Gasteiger partial charge on any atom is 0.407 e. The van der Waals surface area contributed by atoms with Gasteiger partial charge in [0.1, 0.15) is 12.1 Å². The van der Waals surface area contributed by atoms with Crippen LogP contribution in [0.5, 0.6) is 0 Å². The van der Waals surface area contributed by atoms with E-state index in [1.807, 2.05) is 30.5 Å². The molecule has 2 aromatic rings. The molecule has 9 nitrogen and oxygen atoms in total. The lowest BCUT2D eigenvalue weighted by Gasteiger charge is -2.40. The van der Waals surface area contributed by atoms with Crippen LogP contribution in [0, 0.1) is 11.3 Å². The number of amides is 1. The van der Waals surface area contributed by atoms with Crippen molar-refractivity contribution >= 4 is 18.2 Å². The average Bonchev–Trinajstić information content (AvgIpc) is 2.82. The van der Waals surface area contributed by atoms with Gasteiger partial charge in [-0.1, -0.05) is 12.1 Å². The van der Waals surface area contributed by atoms with Crippen LogP contribution in [0.15, 0.2) is 42.6 Å². The number of benzene rings is 1. The van der Waals surface area contributed by atoms with Crippen molar-refractivity contribution in [2.75, 3.05) is 51.2 Å². The number of nitrogens with zero attached hydrogens (tertiary/aromatic N) is 5. The normalized spacial score (nSPS) is 15.2. The van der Waals surface area contributed by atoms with Crippen LogP contribution >= 0.6 is 0 Å². The van der Waals surface area contributed by atoms with E-state index >= 15 is 0 Å². The Bertz CT molecular complexity index is 918. The minimum atomic E-state index is -1.10. The largest absolute Gasteiger partial charge is 0.465 e. The first-order valence-electron chi connectivity index (χ1n) is 10.1. The molecule has 1 unspecified atom stereocenters. The topological polar surface area (TPSA) is 113 Å². The quantitative estimate of drug-likeness (QED) is 0.615. The molecule has 0 saturated carbocycles. The van der Waals surface area contributed by atoms with E-state index in [0.29, 0.717) is 11.8 Å². The van der Waals surface area contributed by atoms with Crippen molar-refractivity contribution in [3.63, 3.8) is 0 Å². The molecule has 1 fully saturated rings. The van der Waals surface area contributed by atoms with Crippen molar-refractivity contribution in [2.24, 2.45) is 0 Å². The van der Waals surface area contributed by atoms with Crippen LogP contribution in [0.1, 0.15) is 5.56 Å². The summed E-state index contributed by atoms with van der Waals surface area (Å²) in [7, 11) is 1.79. The van der Waals surface area contributed by atoms with Gasteiger partial charge in [-0.05, 0) is 36.9 Å². The number of hydrogen-bond donors (Lipinski definition) is 2. The molecular weight excluding hydrogens is 396 g/mol. The van der Waals surface area contributed by atoms with Crippen LogP contribution < -0.4 is 10.2 Å². The van der Waals surface area contributed by atoms with Crippen LogP contribution in [0.4, 0.5) is 10.6 Å². The van der Waals surface area contributed by atoms with Crippen LogP contribution in [0.3, 0.4) is 0 Å². The summed E-state index contributed by atoms with van der Waals surface area (Å²) in [4.78, 5) is 32.2. The molecule has 1 atom stereocenters. The molecule has 1 amide bonds. The second kappa shape index (κ2) is 10.5. The van der Waals surface area contributed by atoms with Gasteiger partial charge in [0.2, 0.25) is 0 Å². The predicted octanol–water partition coefficient (Wildman–Crippen LogP) is 1.47. The number of carbonyl (C=O) groups excluding carboxylic acids is 1. The summed E-state index contributed by atoms with van der Waals surface area (Å²) < 4.78 is 0. The number of piperazine rings is 1. The van der Waals surface area contributed by atoms with E-state index in [9.17, 15) is 14.7 Å². The fourth-order valence-electron chi connectivity index (χ4n) is 3.66. The van der Waals surface area contributed by atoms with Crippen molar-refractivity contribution < 1.29 is 14.7 Å². The van der Waals surface area contributed by atoms with E-state index < -0.39 is 6.09 Å². The maximum absolute atomic E-state index is 11.3. The first-order valence-corrected chi connectivity index (χ1v) is 10.1. The smallest absolute Gasteiger partial charge is 0.407 e. The molecule has 3 rings (SSSR count). The minimum Gasteiger partial charge on any atom is -0.465 e. The molecule has 0 spiro atoms. The highest BCUT2D eigenvalue weighted by atomic mass is 16.4. The number of hydrogen-bond acceptors (Lipinski definition) is 7. The second-order valence-corrected chi connectivity index (χ2v) is 7.28. The number of pyridine rings is 1. The molecule has 2 heterocycles. The van der Waals surface area contributed by atoms with Crippen LogP contribution in [0.25, 0.3) is 11.1 Å². The summed E-state index contributed by atoms with van der Waals surface area (Å²) in [5.41, 5.74) is 2.63. The summed E-state index contributed by atoms with van der Waals surface area (Å²) in [5, 5.41) is 21.3. The van der Waals surface area contributed by atoms with E-state index in [2.05, 4.69) is 26.2 Å². The van der Waals surface area contributed by atoms with Crippen LogP contribution in [-0.4, -0.2) is 84.8 Å². The molecule has 9 heteroatoms. The van der Waals surface area contributed by atoms with Crippen molar-refractivity contribution in [3.8, 4) is 17.2 Å². The third kappa shape index (κ3) is 5.57. The molecular formula is C22H26N6O3. The fourth-order valence-corrected chi connectivity index (χ4v) is 3.66. The zero-order valence-electron chi connectivity index (χ0n) is 17.4. The van der Waals surface area contributed by atoms with E-state index in [1.54, 1.807) is 19.2 Å². The van der Waals surface area contributed by atoms with Gasteiger partial charge in [0.25, 0.3) is 0 Å². The number of likely N-dealkylation sites (N-methyl/N-ethyl adjacent to an activating group) is 1. The Morgan fingerprint density at radius 2 is 1.90 bits per heavy atom. The first-order chi connectivity index (χ1) is 15.0. The zero-order valence-corrected chi connectivity index (χ0v) is 17.4. The van der Waals surface area contributed by atoms with Gasteiger partial charge in [-0.2, -0.15) is 5.26 Å². The van der Waals surface area contributed by atoms with Gasteiger partial charge in [0, 0.05) is 37.9 Å². The van der Waals surface area contributed by atoms with Gasteiger partial charge in [-0.15, -0.1) is 0 Å². The van der Waals surface area contributed by atoms with Gasteiger partial charge >= 0.3 is 6.09 Å². The Morgan fingerprint density at radius 1 is 1.23 bits per heavy atom. The number of aldehydes is 1. The highest BCUT2D eigenvalue weighted by Crippen LogP contribution is 2.22. The lowest BCUT2D eigenvalue weighted by atomic mass is 10.1. The standard InChI is InChI=1S/C22H26N6O3/c1-24-21(16-28(12-13-29)22(30)31)27-10-8-26(9-11-27)20-7-6-19(15-25-20)18-4-2-17(14-23)3-5-18/h2-7,13,15,21,24H,8-12,16H2,1H3,(H,30,31). The number of rotatable bonds is 8. The van der Waals surface area contributed by atoms with Gasteiger partial charge in [-0.3, -0.25) is 9.80 Å². The summed E-state index contributed by atoms with van der Waals surface area (Å²) in [6.07, 6.45) is 1.18. The highest BCUT2D eigenvalue weighted by Gasteiger charge is 2.26. The van der Waals surface area contributed by atoms with Gasteiger partial charge in [0.15, 0.2) is 0 Å². The SMILES string of the molecule is CNC(CN(CC=O)C(=O)O)N1CCN(c2ccc(-c3ccc(C#N)cc3)cn2)CC1. The Labute approximate surface area is 181 Å². The van der Waals surface area contributed by atoms with Crippen molar-refractivity contribution in [3.05, 3.63) is 48.2 Å². The maximum atomic E-state index is 11.3. The number of carbonyl (C=O) groups is 2. The molecule has 2 N–H and O–H groups in total. The number of aromatic nitrogens is 1. The van der Waals surface area contributed by atoms with E-state index in [-0.39, 0.29) is 19.3 Å². The molecule has 1 saturated heterocycles. The fraction of sp³-hybridized carbons (Fsp3) is 0.364. The molecule has 0 radical (unpaired) electrons. The first kappa shape index (κ1) is 22.2. The monoisotopic (exact) mass is 422 g/mol. The Kier molecular flexibility index (Phi) is 7.54. The molecule has 0 bridgehead atoms. The lowest BCUT2D eigenvalue weighted by Crippen LogP contribution is -2.58. The summed E-state index contributed by atoms with van der Waals surface area (Å²) in [5.74, 6) is 0.895.